The van der Waals surface area contributed by atoms with Gasteiger partial charge in [-0.3, -0.25) is 0 Å². The summed E-state index contributed by atoms with van der Waals surface area (Å²) in [5.74, 6) is 0.706. The third-order valence-electron chi connectivity index (χ3n) is 4.19. The van der Waals surface area contributed by atoms with Crippen LogP contribution in [0.3, 0.4) is 0 Å². The van der Waals surface area contributed by atoms with Gasteiger partial charge in [0.15, 0.2) is 0 Å². The fourth-order valence-corrected chi connectivity index (χ4v) is 2.88. The quantitative estimate of drug-likeness (QED) is 0.736. The predicted molar refractivity (Wildman–Crippen MR) is 89.3 cm³/mol. The van der Waals surface area contributed by atoms with E-state index in [1.54, 1.807) is 0 Å². The maximum Gasteiger partial charge on any atom is 0.0720 e. The van der Waals surface area contributed by atoms with Crippen LogP contribution in [0.25, 0.3) is 0 Å². The molecule has 118 valence electrons. The van der Waals surface area contributed by atoms with E-state index in [9.17, 15) is 0 Å². The molecule has 1 aromatic carbocycles. The molecule has 0 spiro atoms. The van der Waals surface area contributed by atoms with Gasteiger partial charge in [-0.2, -0.15) is 0 Å². The van der Waals surface area contributed by atoms with Crippen LogP contribution in [0.4, 0.5) is 0 Å². The molecule has 0 bridgehead atoms. The van der Waals surface area contributed by atoms with Gasteiger partial charge in [0.25, 0.3) is 0 Å². The largest absolute Gasteiger partial charge is 0.374 e. The monoisotopic (exact) mass is 289 g/mol. The van der Waals surface area contributed by atoms with Crippen molar-refractivity contribution in [3.05, 3.63) is 35.4 Å². The molecule has 2 nitrogen and oxygen atoms in total. The molecule has 1 aromatic rings. The summed E-state index contributed by atoms with van der Waals surface area (Å²) in [4.78, 5) is 0. The van der Waals surface area contributed by atoms with Gasteiger partial charge in [-0.1, -0.05) is 63.8 Å². The average molecular weight is 289 g/mol. The van der Waals surface area contributed by atoms with E-state index >= 15 is 0 Å². The van der Waals surface area contributed by atoms with E-state index in [4.69, 9.17) is 4.74 Å². The minimum Gasteiger partial charge on any atom is -0.374 e. The van der Waals surface area contributed by atoms with E-state index in [1.807, 2.05) is 0 Å². The second kappa shape index (κ2) is 9.22. The van der Waals surface area contributed by atoms with Crippen molar-refractivity contribution in [1.82, 2.24) is 5.32 Å². The molecule has 0 radical (unpaired) electrons. The molecule has 0 unspecified atom stereocenters. The van der Waals surface area contributed by atoms with Crippen molar-refractivity contribution in [2.24, 2.45) is 5.92 Å². The molecule has 2 rings (SSSR count). The fraction of sp³-hybridized carbons (Fsp3) is 0.684. The number of ether oxygens (including phenoxy) is 1. The smallest absolute Gasteiger partial charge is 0.0720 e. The number of hydrogen-bond acceptors (Lipinski definition) is 2. The predicted octanol–water partition coefficient (Wildman–Crippen LogP) is 4.67. The summed E-state index contributed by atoms with van der Waals surface area (Å²) < 4.78 is 6.09. The van der Waals surface area contributed by atoms with E-state index in [0.29, 0.717) is 12.0 Å². The minimum atomic E-state index is 0.486. The molecule has 2 heteroatoms. The van der Waals surface area contributed by atoms with E-state index in [1.165, 1.54) is 49.7 Å². The highest BCUT2D eigenvalue weighted by Crippen LogP contribution is 2.21. The second-order valence-corrected chi connectivity index (χ2v) is 6.77. The van der Waals surface area contributed by atoms with Gasteiger partial charge < -0.3 is 10.1 Å². The maximum atomic E-state index is 6.09. The van der Waals surface area contributed by atoms with Crippen molar-refractivity contribution in [3.63, 3.8) is 0 Å². The zero-order valence-corrected chi connectivity index (χ0v) is 13.7. The number of nitrogens with one attached hydrogen (secondary N) is 1. The van der Waals surface area contributed by atoms with E-state index in [2.05, 4.69) is 43.4 Å². The zero-order valence-electron chi connectivity index (χ0n) is 13.7. The highest BCUT2D eigenvalue weighted by Gasteiger charge is 2.12. The maximum absolute atomic E-state index is 6.09. The van der Waals surface area contributed by atoms with Gasteiger partial charge in [-0.15, -0.1) is 0 Å². The molecule has 0 heterocycles. The minimum absolute atomic E-state index is 0.486. The summed E-state index contributed by atoms with van der Waals surface area (Å²) in [5, 5.41) is 3.48. The Labute approximate surface area is 130 Å². The molecular formula is C19H31NO. The Balaban J connectivity index is 1.71. The molecule has 1 N–H and O–H groups in total. The molecule has 21 heavy (non-hydrogen) atoms. The first-order valence-electron chi connectivity index (χ1n) is 8.64. The molecule has 1 fully saturated rings. The van der Waals surface area contributed by atoms with E-state index < -0.39 is 0 Å². The molecule has 1 aliphatic carbocycles. The van der Waals surface area contributed by atoms with Gasteiger partial charge in [0, 0.05) is 6.54 Å². The molecule has 1 aliphatic rings. The van der Waals surface area contributed by atoms with Gasteiger partial charge in [0.1, 0.15) is 0 Å². The lowest BCUT2D eigenvalue weighted by Gasteiger charge is -2.15. The van der Waals surface area contributed by atoms with Crippen molar-refractivity contribution < 1.29 is 4.74 Å². The Hall–Kier alpha value is -0.860. The van der Waals surface area contributed by atoms with E-state index in [-0.39, 0.29) is 0 Å². The topological polar surface area (TPSA) is 21.3 Å². The van der Waals surface area contributed by atoms with Crippen LogP contribution in [0.15, 0.2) is 24.3 Å². The summed E-state index contributed by atoms with van der Waals surface area (Å²) in [6, 6.07) is 8.87. The van der Waals surface area contributed by atoms with Gasteiger partial charge in [0.05, 0.1) is 12.7 Å². The number of hydrogen-bond donors (Lipinski definition) is 1. The third-order valence-corrected chi connectivity index (χ3v) is 4.19. The number of rotatable bonds is 7. The van der Waals surface area contributed by atoms with Gasteiger partial charge in [-0.05, 0) is 36.4 Å². The first kappa shape index (κ1) is 16.5. The molecule has 1 saturated carbocycles. The van der Waals surface area contributed by atoms with Crippen molar-refractivity contribution in [3.8, 4) is 0 Å². The van der Waals surface area contributed by atoms with Crippen LogP contribution in [0, 0.1) is 5.92 Å². The Morgan fingerprint density at radius 2 is 1.62 bits per heavy atom. The van der Waals surface area contributed by atoms with Gasteiger partial charge in [-0.25, -0.2) is 0 Å². The van der Waals surface area contributed by atoms with Crippen LogP contribution < -0.4 is 5.32 Å². The third kappa shape index (κ3) is 6.62. The van der Waals surface area contributed by atoms with Crippen molar-refractivity contribution in [1.29, 1.82) is 0 Å². The lowest BCUT2D eigenvalue weighted by atomic mass is 10.1. The average Bonchev–Trinajstić information content (AvgIpc) is 2.75. The lowest BCUT2D eigenvalue weighted by molar-refractivity contribution is 0.0310. The summed E-state index contributed by atoms with van der Waals surface area (Å²) in [6.45, 7) is 7.28. The summed E-state index contributed by atoms with van der Waals surface area (Å²) >= 11 is 0. The summed E-state index contributed by atoms with van der Waals surface area (Å²) in [6.07, 6.45) is 8.43. The Morgan fingerprint density at radius 3 is 2.24 bits per heavy atom. The first-order valence-corrected chi connectivity index (χ1v) is 8.64. The standard InChI is InChI=1S/C19H31NO/c1-16(2)13-20-14-17-9-11-18(12-10-17)15-21-19-7-5-3-4-6-8-19/h9-12,16,19-20H,3-8,13-15H2,1-2H3. The van der Waals surface area contributed by atoms with Crippen molar-refractivity contribution in [2.75, 3.05) is 6.54 Å². The van der Waals surface area contributed by atoms with Crippen LogP contribution in [-0.2, 0) is 17.9 Å². The summed E-state index contributed by atoms with van der Waals surface area (Å²) in [5.41, 5.74) is 2.65. The molecule has 0 saturated heterocycles. The normalized spacial score (nSPS) is 17.1. The van der Waals surface area contributed by atoms with E-state index in [0.717, 1.165) is 19.7 Å². The number of benzene rings is 1. The fourth-order valence-electron chi connectivity index (χ4n) is 2.88. The summed E-state index contributed by atoms with van der Waals surface area (Å²) in [7, 11) is 0. The molecule has 0 aromatic heterocycles. The molecular weight excluding hydrogens is 258 g/mol. The molecule has 0 atom stereocenters. The van der Waals surface area contributed by atoms with Gasteiger partial charge in [0.2, 0.25) is 0 Å². The van der Waals surface area contributed by atoms with Gasteiger partial charge >= 0.3 is 0 Å². The lowest BCUT2D eigenvalue weighted by Crippen LogP contribution is -2.18. The SMILES string of the molecule is CC(C)CNCc1ccc(COC2CCCCCC2)cc1. The van der Waals surface area contributed by atoms with Crippen LogP contribution >= 0.6 is 0 Å². The molecule has 0 aliphatic heterocycles. The molecule has 0 amide bonds. The van der Waals surface area contributed by atoms with Crippen LogP contribution in [-0.4, -0.2) is 12.6 Å². The highest BCUT2D eigenvalue weighted by atomic mass is 16.5. The van der Waals surface area contributed by atoms with Crippen molar-refractivity contribution >= 4 is 0 Å². The zero-order chi connectivity index (χ0) is 14.9. The Morgan fingerprint density at radius 1 is 1.00 bits per heavy atom. The highest BCUT2D eigenvalue weighted by molar-refractivity contribution is 5.21. The van der Waals surface area contributed by atoms with Crippen molar-refractivity contribution in [2.45, 2.75) is 71.6 Å². The Bertz CT molecular complexity index is 377. The van der Waals surface area contributed by atoms with Crippen LogP contribution in [0.5, 0.6) is 0 Å². The second-order valence-electron chi connectivity index (χ2n) is 6.77. The first-order chi connectivity index (χ1) is 10.2. The van der Waals surface area contributed by atoms with Crippen LogP contribution in [0.2, 0.25) is 0 Å². The van der Waals surface area contributed by atoms with Crippen LogP contribution in [0.1, 0.15) is 63.5 Å². The Kier molecular flexibility index (Phi) is 7.25.